The van der Waals surface area contributed by atoms with Gasteiger partial charge < -0.3 is 10.1 Å². The minimum absolute atomic E-state index is 0.0330. The lowest BCUT2D eigenvalue weighted by Gasteiger charge is -2.07. The quantitative estimate of drug-likeness (QED) is 0.733. The zero-order valence-electron chi connectivity index (χ0n) is 9.24. The van der Waals surface area contributed by atoms with Crippen molar-refractivity contribution in [1.29, 1.82) is 0 Å². The van der Waals surface area contributed by atoms with Crippen LogP contribution in [0.5, 0.6) is 5.75 Å². The van der Waals surface area contributed by atoms with E-state index in [9.17, 15) is 9.59 Å². The molecule has 0 spiro atoms. The summed E-state index contributed by atoms with van der Waals surface area (Å²) >= 11 is 0. The summed E-state index contributed by atoms with van der Waals surface area (Å²) in [4.78, 5) is 22.8. The smallest absolute Gasteiger partial charge is 0.230 e. The first-order valence-corrected chi connectivity index (χ1v) is 5.16. The van der Waals surface area contributed by atoms with Crippen molar-refractivity contribution in [1.82, 2.24) is 0 Å². The summed E-state index contributed by atoms with van der Waals surface area (Å²) in [6.07, 6.45) is 0. The van der Waals surface area contributed by atoms with Gasteiger partial charge in [0.25, 0.3) is 0 Å². The SMILES string of the molecule is CC(=O)c1ccc2c(c1)NC(=O)C(C)CO2. The molecule has 4 heteroatoms. The van der Waals surface area contributed by atoms with Gasteiger partial charge in [-0.05, 0) is 25.1 Å². The van der Waals surface area contributed by atoms with Gasteiger partial charge in [0.1, 0.15) is 5.75 Å². The molecule has 1 unspecified atom stereocenters. The summed E-state index contributed by atoms with van der Waals surface area (Å²) in [6.45, 7) is 3.65. The fourth-order valence-electron chi connectivity index (χ4n) is 1.52. The van der Waals surface area contributed by atoms with Gasteiger partial charge in [-0.2, -0.15) is 0 Å². The number of carbonyl (C=O) groups excluding carboxylic acids is 2. The first kappa shape index (κ1) is 10.7. The largest absolute Gasteiger partial charge is 0.491 e. The predicted octanol–water partition coefficient (Wildman–Crippen LogP) is 1.86. The van der Waals surface area contributed by atoms with Crippen LogP contribution in [0.15, 0.2) is 18.2 Å². The maximum atomic E-state index is 11.6. The zero-order chi connectivity index (χ0) is 11.7. The molecule has 1 heterocycles. The van der Waals surface area contributed by atoms with Crippen LogP contribution < -0.4 is 10.1 Å². The van der Waals surface area contributed by atoms with E-state index in [2.05, 4.69) is 5.32 Å². The van der Waals surface area contributed by atoms with Gasteiger partial charge in [0.2, 0.25) is 5.91 Å². The molecule has 2 rings (SSSR count). The Hall–Kier alpha value is -1.84. The molecule has 1 aromatic carbocycles. The molecule has 0 saturated carbocycles. The first-order valence-electron chi connectivity index (χ1n) is 5.16. The second kappa shape index (κ2) is 3.96. The minimum Gasteiger partial charge on any atom is -0.491 e. The van der Waals surface area contributed by atoms with E-state index in [1.54, 1.807) is 25.1 Å². The van der Waals surface area contributed by atoms with E-state index in [0.717, 1.165) is 0 Å². The molecule has 1 aromatic rings. The molecule has 1 atom stereocenters. The van der Waals surface area contributed by atoms with Crippen molar-refractivity contribution in [3.63, 3.8) is 0 Å². The monoisotopic (exact) mass is 219 g/mol. The number of nitrogens with one attached hydrogen (secondary N) is 1. The van der Waals surface area contributed by atoms with Crippen LogP contribution >= 0.6 is 0 Å². The van der Waals surface area contributed by atoms with Crippen molar-refractivity contribution in [2.75, 3.05) is 11.9 Å². The minimum atomic E-state index is -0.187. The number of anilines is 1. The fraction of sp³-hybridized carbons (Fsp3) is 0.333. The van der Waals surface area contributed by atoms with E-state index < -0.39 is 0 Å². The standard InChI is InChI=1S/C12H13NO3/c1-7-6-16-11-4-3-9(8(2)14)5-10(11)13-12(7)15/h3-5,7H,6H2,1-2H3,(H,13,15). The average Bonchev–Trinajstić information content (AvgIpc) is 2.38. The summed E-state index contributed by atoms with van der Waals surface area (Å²) in [6, 6.07) is 5.06. The Labute approximate surface area is 93.6 Å². The molecule has 0 saturated heterocycles. The highest BCUT2D eigenvalue weighted by Gasteiger charge is 2.21. The van der Waals surface area contributed by atoms with E-state index >= 15 is 0 Å². The predicted molar refractivity (Wildman–Crippen MR) is 59.7 cm³/mol. The van der Waals surface area contributed by atoms with E-state index in [0.29, 0.717) is 23.6 Å². The Morgan fingerprint density at radius 2 is 2.25 bits per heavy atom. The number of carbonyl (C=O) groups is 2. The third-order valence-corrected chi connectivity index (χ3v) is 2.58. The lowest BCUT2D eigenvalue weighted by Crippen LogP contribution is -2.22. The summed E-state index contributed by atoms with van der Waals surface area (Å²) in [5.74, 6) is 0.310. The van der Waals surface area contributed by atoms with Crippen molar-refractivity contribution in [2.24, 2.45) is 5.92 Å². The van der Waals surface area contributed by atoms with Gasteiger partial charge in [-0.3, -0.25) is 9.59 Å². The van der Waals surface area contributed by atoms with Crippen molar-refractivity contribution < 1.29 is 14.3 Å². The summed E-state index contributed by atoms with van der Waals surface area (Å²) in [7, 11) is 0. The Bertz CT molecular complexity index is 454. The number of amides is 1. The highest BCUT2D eigenvalue weighted by Crippen LogP contribution is 2.29. The van der Waals surface area contributed by atoms with Crippen LogP contribution in [-0.4, -0.2) is 18.3 Å². The highest BCUT2D eigenvalue weighted by molar-refractivity contribution is 5.99. The maximum absolute atomic E-state index is 11.6. The van der Waals surface area contributed by atoms with Crippen LogP contribution in [0.4, 0.5) is 5.69 Å². The Morgan fingerprint density at radius 1 is 1.50 bits per heavy atom. The number of ether oxygens (including phenoxy) is 1. The number of fused-ring (bicyclic) bond motifs is 1. The number of benzene rings is 1. The molecule has 0 aromatic heterocycles. The van der Waals surface area contributed by atoms with Crippen LogP contribution in [0.2, 0.25) is 0 Å². The van der Waals surface area contributed by atoms with Gasteiger partial charge in [0, 0.05) is 5.56 Å². The molecular weight excluding hydrogens is 206 g/mol. The zero-order valence-corrected chi connectivity index (χ0v) is 9.24. The normalized spacial score (nSPS) is 19.1. The number of hydrogen-bond donors (Lipinski definition) is 1. The molecular formula is C12H13NO3. The summed E-state index contributed by atoms with van der Waals surface area (Å²) in [5.41, 5.74) is 1.14. The molecule has 16 heavy (non-hydrogen) atoms. The molecule has 84 valence electrons. The van der Waals surface area contributed by atoms with E-state index in [1.807, 2.05) is 0 Å². The number of Topliss-reactive ketones (excluding diaryl/α,β-unsaturated/α-hetero) is 1. The fourth-order valence-corrected chi connectivity index (χ4v) is 1.52. The lowest BCUT2D eigenvalue weighted by atomic mass is 10.1. The van der Waals surface area contributed by atoms with E-state index in [4.69, 9.17) is 4.74 Å². The molecule has 1 N–H and O–H groups in total. The van der Waals surface area contributed by atoms with Crippen molar-refractivity contribution in [3.8, 4) is 5.75 Å². The molecule has 0 aliphatic carbocycles. The van der Waals surface area contributed by atoms with Crippen LogP contribution in [0.25, 0.3) is 0 Å². The van der Waals surface area contributed by atoms with E-state index in [-0.39, 0.29) is 17.6 Å². The van der Waals surface area contributed by atoms with Crippen LogP contribution in [0.3, 0.4) is 0 Å². The van der Waals surface area contributed by atoms with Crippen molar-refractivity contribution in [2.45, 2.75) is 13.8 Å². The average molecular weight is 219 g/mol. The van der Waals surface area contributed by atoms with Gasteiger partial charge in [-0.25, -0.2) is 0 Å². The summed E-state index contributed by atoms with van der Waals surface area (Å²) < 4.78 is 5.47. The second-order valence-electron chi connectivity index (χ2n) is 3.97. The van der Waals surface area contributed by atoms with Gasteiger partial charge in [-0.15, -0.1) is 0 Å². The Balaban J connectivity index is 2.39. The molecule has 0 fully saturated rings. The third kappa shape index (κ3) is 1.91. The number of ketones is 1. The van der Waals surface area contributed by atoms with Gasteiger partial charge in [0.15, 0.2) is 5.78 Å². The van der Waals surface area contributed by atoms with Gasteiger partial charge in [0.05, 0.1) is 18.2 Å². The molecule has 1 amide bonds. The molecule has 1 aliphatic rings. The molecule has 0 bridgehead atoms. The van der Waals surface area contributed by atoms with Crippen LogP contribution in [0.1, 0.15) is 24.2 Å². The van der Waals surface area contributed by atoms with Crippen LogP contribution in [0, 0.1) is 5.92 Å². The first-order chi connectivity index (χ1) is 7.58. The van der Waals surface area contributed by atoms with Crippen molar-refractivity contribution in [3.05, 3.63) is 23.8 Å². The van der Waals surface area contributed by atoms with E-state index in [1.165, 1.54) is 6.92 Å². The highest BCUT2D eigenvalue weighted by atomic mass is 16.5. The second-order valence-corrected chi connectivity index (χ2v) is 3.97. The van der Waals surface area contributed by atoms with Crippen LogP contribution in [-0.2, 0) is 4.79 Å². The lowest BCUT2D eigenvalue weighted by molar-refractivity contribution is -0.119. The number of rotatable bonds is 1. The third-order valence-electron chi connectivity index (χ3n) is 2.58. The van der Waals surface area contributed by atoms with Gasteiger partial charge >= 0.3 is 0 Å². The Morgan fingerprint density at radius 3 is 2.94 bits per heavy atom. The Kier molecular flexibility index (Phi) is 2.64. The molecule has 4 nitrogen and oxygen atoms in total. The van der Waals surface area contributed by atoms with Gasteiger partial charge in [-0.1, -0.05) is 6.92 Å². The van der Waals surface area contributed by atoms with Crippen molar-refractivity contribution >= 4 is 17.4 Å². The topological polar surface area (TPSA) is 55.4 Å². The summed E-state index contributed by atoms with van der Waals surface area (Å²) in [5, 5.41) is 2.75. The molecule has 0 radical (unpaired) electrons. The molecule has 1 aliphatic heterocycles. The number of hydrogen-bond acceptors (Lipinski definition) is 3. The maximum Gasteiger partial charge on any atom is 0.230 e.